The van der Waals surface area contributed by atoms with Gasteiger partial charge in [0.1, 0.15) is 5.69 Å². The molecule has 7 heteroatoms. The predicted molar refractivity (Wildman–Crippen MR) is 96.2 cm³/mol. The van der Waals surface area contributed by atoms with Crippen LogP contribution in [-0.2, 0) is 13.1 Å². The molecule has 0 bridgehead atoms. The minimum atomic E-state index is -0.266. The Morgan fingerprint density at radius 3 is 2.56 bits per heavy atom. The van der Waals surface area contributed by atoms with E-state index in [-0.39, 0.29) is 5.91 Å². The minimum Gasteiger partial charge on any atom is -0.349 e. The maximum Gasteiger partial charge on any atom is 0.270 e. The zero-order valence-electron chi connectivity index (χ0n) is 13.3. The first-order valence-electron chi connectivity index (χ1n) is 7.70. The molecule has 0 saturated carbocycles. The monoisotopic (exact) mass is 353 g/mol. The Labute approximate surface area is 150 Å². The average molecular weight is 354 g/mol. The zero-order valence-corrected chi connectivity index (χ0v) is 14.1. The standard InChI is InChI=1S/C18H16ClN5O/c19-14-6-4-13(5-7-14)11-22-17(25)16-8-10-21-18(24-16)23-12-15-3-1-2-9-20-15/h1-10H,11-12H2,(H,22,25)(H,21,23,24). The number of halogens is 1. The van der Waals surface area contributed by atoms with Crippen LogP contribution in [0.3, 0.4) is 0 Å². The van der Waals surface area contributed by atoms with Crippen molar-refractivity contribution in [3.05, 3.63) is 82.9 Å². The van der Waals surface area contributed by atoms with Gasteiger partial charge in [0.15, 0.2) is 0 Å². The molecule has 0 unspecified atom stereocenters. The third-order valence-electron chi connectivity index (χ3n) is 3.41. The molecular formula is C18H16ClN5O. The minimum absolute atomic E-state index is 0.266. The molecule has 3 aromatic rings. The fraction of sp³-hybridized carbons (Fsp3) is 0.111. The van der Waals surface area contributed by atoms with Gasteiger partial charge in [0.05, 0.1) is 12.2 Å². The van der Waals surface area contributed by atoms with E-state index in [4.69, 9.17) is 11.6 Å². The highest BCUT2D eigenvalue weighted by Gasteiger charge is 2.08. The van der Waals surface area contributed by atoms with Gasteiger partial charge in [0.25, 0.3) is 5.91 Å². The Kier molecular flexibility index (Phi) is 5.53. The van der Waals surface area contributed by atoms with E-state index in [1.807, 2.05) is 30.3 Å². The number of benzene rings is 1. The maximum atomic E-state index is 12.2. The molecule has 2 heterocycles. The second-order valence-corrected chi connectivity index (χ2v) is 5.69. The van der Waals surface area contributed by atoms with Gasteiger partial charge in [-0.2, -0.15) is 0 Å². The van der Waals surface area contributed by atoms with Crippen LogP contribution >= 0.6 is 11.6 Å². The molecule has 0 fully saturated rings. The lowest BCUT2D eigenvalue weighted by molar-refractivity contribution is 0.0946. The predicted octanol–water partition coefficient (Wildman–Crippen LogP) is 3.07. The van der Waals surface area contributed by atoms with Crippen molar-refractivity contribution in [1.82, 2.24) is 20.3 Å². The summed E-state index contributed by atoms with van der Waals surface area (Å²) in [5.41, 5.74) is 2.12. The molecule has 0 aliphatic heterocycles. The number of pyridine rings is 1. The van der Waals surface area contributed by atoms with E-state index in [2.05, 4.69) is 25.6 Å². The van der Waals surface area contributed by atoms with E-state index in [0.29, 0.717) is 29.8 Å². The number of rotatable bonds is 6. The molecule has 0 radical (unpaired) electrons. The summed E-state index contributed by atoms with van der Waals surface area (Å²) in [4.78, 5) is 24.8. The normalized spacial score (nSPS) is 10.3. The molecule has 2 aromatic heterocycles. The summed E-state index contributed by atoms with van der Waals surface area (Å²) in [7, 11) is 0. The summed E-state index contributed by atoms with van der Waals surface area (Å²) in [5.74, 6) is 0.114. The average Bonchev–Trinajstić information content (AvgIpc) is 2.67. The Morgan fingerprint density at radius 2 is 1.80 bits per heavy atom. The van der Waals surface area contributed by atoms with Crippen molar-refractivity contribution in [1.29, 1.82) is 0 Å². The van der Waals surface area contributed by atoms with Crippen LogP contribution in [0.2, 0.25) is 5.02 Å². The lowest BCUT2D eigenvalue weighted by atomic mass is 10.2. The number of nitrogens with zero attached hydrogens (tertiary/aromatic N) is 3. The van der Waals surface area contributed by atoms with Crippen LogP contribution in [0.15, 0.2) is 60.9 Å². The molecular weight excluding hydrogens is 338 g/mol. The number of hydrogen-bond acceptors (Lipinski definition) is 5. The largest absolute Gasteiger partial charge is 0.349 e. The molecule has 25 heavy (non-hydrogen) atoms. The fourth-order valence-corrected chi connectivity index (χ4v) is 2.24. The van der Waals surface area contributed by atoms with Gasteiger partial charge in [0.2, 0.25) is 5.95 Å². The highest BCUT2D eigenvalue weighted by atomic mass is 35.5. The van der Waals surface area contributed by atoms with Gasteiger partial charge < -0.3 is 10.6 Å². The van der Waals surface area contributed by atoms with Crippen molar-refractivity contribution in [2.24, 2.45) is 0 Å². The van der Waals surface area contributed by atoms with Crippen molar-refractivity contribution < 1.29 is 4.79 Å². The molecule has 0 aliphatic rings. The summed E-state index contributed by atoms with van der Waals surface area (Å²) in [6.07, 6.45) is 3.27. The van der Waals surface area contributed by atoms with Crippen molar-refractivity contribution in [3.8, 4) is 0 Å². The van der Waals surface area contributed by atoms with Gasteiger partial charge in [-0.1, -0.05) is 29.8 Å². The van der Waals surface area contributed by atoms with Gasteiger partial charge in [-0.05, 0) is 35.9 Å². The van der Waals surface area contributed by atoms with Gasteiger partial charge in [-0.15, -0.1) is 0 Å². The highest BCUT2D eigenvalue weighted by Crippen LogP contribution is 2.09. The van der Waals surface area contributed by atoms with Crippen LogP contribution in [0, 0.1) is 0 Å². The molecule has 126 valence electrons. The van der Waals surface area contributed by atoms with Crippen LogP contribution in [-0.4, -0.2) is 20.9 Å². The summed E-state index contributed by atoms with van der Waals surface area (Å²) >= 11 is 5.85. The number of anilines is 1. The molecule has 1 amide bonds. The first-order valence-corrected chi connectivity index (χ1v) is 8.08. The van der Waals surface area contributed by atoms with Crippen LogP contribution in [0.1, 0.15) is 21.7 Å². The number of amides is 1. The zero-order chi connectivity index (χ0) is 17.5. The Morgan fingerprint density at radius 1 is 0.960 bits per heavy atom. The van der Waals surface area contributed by atoms with Crippen molar-refractivity contribution in [2.75, 3.05) is 5.32 Å². The van der Waals surface area contributed by atoms with Crippen LogP contribution in [0.4, 0.5) is 5.95 Å². The first-order chi connectivity index (χ1) is 12.2. The lowest BCUT2D eigenvalue weighted by Gasteiger charge is -2.07. The summed E-state index contributed by atoms with van der Waals surface area (Å²) in [6, 6.07) is 14.5. The van der Waals surface area contributed by atoms with Crippen molar-refractivity contribution in [2.45, 2.75) is 13.1 Å². The van der Waals surface area contributed by atoms with Crippen LogP contribution in [0.5, 0.6) is 0 Å². The fourth-order valence-electron chi connectivity index (χ4n) is 2.12. The van der Waals surface area contributed by atoms with E-state index in [1.54, 1.807) is 30.6 Å². The Bertz CT molecular complexity index is 840. The Balaban J connectivity index is 1.58. The number of nitrogens with one attached hydrogen (secondary N) is 2. The SMILES string of the molecule is O=C(NCc1ccc(Cl)cc1)c1ccnc(NCc2ccccn2)n1. The summed E-state index contributed by atoms with van der Waals surface area (Å²) in [6.45, 7) is 0.882. The number of carbonyl (C=O) groups is 1. The second kappa shape index (κ2) is 8.21. The summed E-state index contributed by atoms with van der Waals surface area (Å²) in [5, 5.41) is 6.54. The molecule has 6 nitrogen and oxygen atoms in total. The van der Waals surface area contributed by atoms with E-state index in [9.17, 15) is 4.79 Å². The van der Waals surface area contributed by atoms with E-state index in [0.717, 1.165) is 11.3 Å². The van der Waals surface area contributed by atoms with E-state index >= 15 is 0 Å². The first kappa shape index (κ1) is 16.9. The van der Waals surface area contributed by atoms with E-state index in [1.165, 1.54) is 0 Å². The summed E-state index contributed by atoms with van der Waals surface area (Å²) < 4.78 is 0. The topological polar surface area (TPSA) is 79.8 Å². The quantitative estimate of drug-likeness (QED) is 0.712. The van der Waals surface area contributed by atoms with Crippen molar-refractivity contribution in [3.63, 3.8) is 0 Å². The highest BCUT2D eigenvalue weighted by molar-refractivity contribution is 6.30. The number of hydrogen-bond donors (Lipinski definition) is 2. The van der Waals surface area contributed by atoms with E-state index < -0.39 is 0 Å². The maximum absolute atomic E-state index is 12.2. The van der Waals surface area contributed by atoms with Gasteiger partial charge in [-0.3, -0.25) is 9.78 Å². The van der Waals surface area contributed by atoms with Crippen LogP contribution in [0.25, 0.3) is 0 Å². The van der Waals surface area contributed by atoms with Crippen molar-refractivity contribution >= 4 is 23.5 Å². The molecule has 3 rings (SSSR count). The van der Waals surface area contributed by atoms with Gasteiger partial charge >= 0.3 is 0 Å². The molecule has 1 aromatic carbocycles. The third kappa shape index (κ3) is 4.99. The number of carbonyl (C=O) groups excluding carboxylic acids is 1. The number of aromatic nitrogens is 3. The smallest absolute Gasteiger partial charge is 0.270 e. The molecule has 0 saturated heterocycles. The molecule has 2 N–H and O–H groups in total. The molecule has 0 spiro atoms. The molecule has 0 aliphatic carbocycles. The van der Waals surface area contributed by atoms with Gasteiger partial charge in [-0.25, -0.2) is 9.97 Å². The second-order valence-electron chi connectivity index (χ2n) is 5.25. The van der Waals surface area contributed by atoms with Crippen LogP contribution < -0.4 is 10.6 Å². The van der Waals surface area contributed by atoms with Gasteiger partial charge in [0, 0.05) is 24.0 Å². The lowest BCUT2D eigenvalue weighted by Crippen LogP contribution is -2.24. The Hall–Kier alpha value is -2.99. The third-order valence-corrected chi connectivity index (χ3v) is 3.66. The molecule has 0 atom stereocenters.